The number of carbonyl (C=O) groups is 1. The Balaban J connectivity index is 1.52. The second-order valence-electron chi connectivity index (χ2n) is 8.25. The Hall–Kier alpha value is -2.19. The fourth-order valence-electron chi connectivity index (χ4n) is 5.00. The third-order valence-electron chi connectivity index (χ3n) is 6.45. The van der Waals surface area contributed by atoms with E-state index in [0.717, 1.165) is 29.5 Å². The molecule has 1 saturated heterocycles. The molecule has 2 aromatic heterocycles. The topological polar surface area (TPSA) is 63.4 Å². The molecular weight excluding hydrogens is 383 g/mol. The minimum Gasteiger partial charge on any atom is -0.339 e. The fraction of sp³-hybridized carbons (Fsp3) is 0.700. The molecular formula is C20H26F3N5O. The van der Waals surface area contributed by atoms with Gasteiger partial charge in [0.15, 0.2) is 0 Å². The Labute approximate surface area is 167 Å². The summed E-state index contributed by atoms with van der Waals surface area (Å²) in [4.78, 5) is 22.7. The molecule has 1 saturated carbocycles. The molecule has 3 heterocycles. The summed E-state index contributed by atoms with van der Waals surface area (Å²) in [5, 5.41) is 3.58. The summed E-state index contributed by atoms with van der Waals surface area (Å²) in [5.74, 6) is -0.505. The second-order valence-corrected chi connectivity index (χ2v) is 8.25. The van der Waals surface area contributed by atoms with Crippen LogP contribution in [0.15, 0.2) is 0 Å². The molecule has 0 radical (unpaired) electrons. The molecule has 2 fully saturated rings. The van der Waals surface area contributed by atoms with Crippen molar-refractivity contribution in [1.29, 1.82) is 0 Å². The first kappa shape index (κ1) is 20.1. The third-order valence-corrected chi connectivity index (χ3v) is 6.45. The van der Waals surface area contributed by atoms with E-state index in [1.807, 2.05) is 0 Å². The van der Waals surface area contributed by atoms with Crippen LogP contribution in [-0.2, 0) is 17.4 Å². The van der Waals surface area contributed by atoms with Gasteiger partial charge in [-0.05, 0) is 57.4 Å². The minimum atomic E-state index is -4.62. The van der Waals surface area contributed by atoms with Crippen molar-refractivity contribution in [2.24, 2.45) is 5.92 Å². The summed E-state index contributed by atoms with van der Waals surface area (Å²) in [5.41, 5.74) is 1.91. The summed E-state index contributed by atoms with van der Waals surface area (Å²) in [7, 11) is 0. The van der Waals surface area contributed by atoms with E-state index < -0.39 is 12.0 Å². The van der Waals surface area contributed by atoms with Crippen LogP contribution in [0.4, 0.5) is 13.2 Å². The number of amides is 1. The monoisotopic (exact) mass is 409 g/mol. The maximum atomic E-state index is 13.0. The molecule has 0 aromatic carbocycles. The first-order chi connectivity index (χ1) is 13.8. The van der Waals surface area contributed by atoms with Gasteiger partial charge in [-0.2, -0.15) is 18.2 Å². The maximum absolute atomic E-state index is 13.0. The highest BCUT2D eigenvalue weighted by molar-refractivity contribution is 5.77. The summed E-state index contributed by atoms with van der Waals surface area (Å²) in [6, 6.07) is 0.359. The van der Waals surface area contributed by atoms with Crippen molar-refractivity contribution >= 4 is 11.7 Å². The third kappa shape index (κ3) is 3.83. The van der Waals surface area contributed by atoms with Crippen LogP contribution in [0.5, 0.6) is 0 Å². The molecule has 6 nitrogen and oxygen atoms in total. The van der Waals surface area contributed by atoms with Crippen molar-refractivity contribution in [3.05, 3.63) is 22.8 Å². The van der Waals surface area contributed by atoms with Crippen LogP contribution in [0.25, 0.3) is 5.78 Å². The highest BCUT2D eigenvalue weighted by Gasteiger charge is 2.37. The van der Waals surface area contributed by atoms with E-state index in [0.29, 0.717) is 36.2 Å². The van der Waals surface area contributed by atoms with E-state index >= 15 is 0 Å². The molecule has 0 unspecified atom stereocenters. The number of halogens is 3. The van der Waals surface area contributed by atoms with Crippen LogP contribution < -0.4 is 0 Å². The number of carbonyl (C=O) groups excluding carboxylic acids is 1. The predicted octanol–water partition coefficient (Wildman–Crippen LogP) is 3.87. The highest BCUT2D eigenvalue weighted by atomic mass is 19.4. The van der Waals surface area contributed by atoms with Gasteiger partial charge in [-0.3, -0.25) is 4.79 Å². The van der Waals surface area contributed by atoms with Crippen LogP contribution in [0.3, 0.4) is 0 Å². The van der Waals surface area contributed by atoms with E-state index in [1.165, 1.54) is 25.7 Å². The van der Waals surface area contributed by atoms with E-state index in [9.17, 15) is 18.0 Å². The van der Waals surface area contributed by atoms with Gasteiger partial charge >= 0.3 is 6.18 Å². The molecule has 1 aliphatic heterocycles. The van der Waals surface area contributed by atoms with Gasteiger partial charge in [-0.15, -0.1) is 5.10 Å². The number of piperidine rings is 1. The smallest absolute Gasteiger partial charge is 0.339 e. The molecule has 1 amide bonds. The molecule has 1 aliphatic carbocycles. The summed E-state index contributed by atoms with van der Waals surface area (Å²) in [6.07, 6.45) is 3.14. The number of alkyl halides is 3. The van der Waals surface area contributed by atoms with Gasteiger partial charge in [-0.1, -0.05) is 12.8 Å². The number of fused-ring (bicyclic) bond motifs is 2. The van der Waals surface area contributed by atoms with Crippen molar-refractivity contribution in [3.8, 4) is 0 Å². The van der Waals surface area contributed by atoms with E-state index in [2.05, 4.69) is 20.0 Å². The molecule has 2 aromatic rings. The largest absolute Gasteiger partial charge is 0.453 e. The number of hydrogen-bond donors (Lipinski definition) is 0. The summed E-state index contributed by atoms with van der Waals surface area (Å²) in [6.45, 7) is 4.26. The molecule has 2 aliphatic rings. The van der Waals surface area contributed by atoms with Crippen molar-refractivity contribution < 1.29 is 18.0 Å². The van der Waals surface area contributed by atoms with E-state index in [1.54, 1.807) is 13.8 Å². The van der Waals surface area contributed by atoms with Crippen LogP contribution in [0.1, 0.15) is 67.7 Å². The van der Waals surface area contributed by atoms with Crippen molar-refractivity contribution in [2.75, 3.05) is 6.54 Å². The minimum absolute atomic E-state index is 0.0662. The molecule has 0 spiro atoms. The lowest BCUT2D eigenvalue weighted by Gasteiger charge is -2.44. The van der Waals surface area contributed by atoms with Crippen LogP contribution in [0, 0.1) is 19.8 Å². The molecule has 0 N–H and O–H groups in total. The van der Waals surface area contributed by atoms with Gasteiger partial charge < -0.3 is 4.90 Å². The summed E-state index contributed by atoms with van der Waals surface area (Å²) < 4.78 is 39.9. The molecule has 0 bridgehead atoms. The average Bonchev–Trinajstić information content (AvgIpc) is 3.12. The van der Waals surface area contributed by atoms with Gasteiger partial charge in [0, 0.05) is 30.4 Å². The Kier molecular flexibility index (Phi) is 5.25. The quantitative estimate of drug-likeness (QED) is 0.772. The zero-order chi connectivity index (χ0) is 20.8. The Morgan fingerprint density at radius 2 is 1.83 bits per heavy atom. The molecule has 2 atom stereocenters. The normalized spacial score (nSPS) is 22.7. The van der Waals surface area contributed by atoms with Crippen LogP contribution >= 0.6 is 0 Å². The van der Waals surface area contributed by atoms with Crippen LogP contribution in [-0.4, -0.2) is 43.0 Å². The Bertz CT molecular complexity index is 921. The lowest BCUT2D eigenvalue weighted by Crippen LogP contribution is -2.49. The molecule has 29 heavy (non-hydrogen) atoms. The lowest BCUT2D eigenvalue weighted by atomic mass is 9.78. The van der Waals surface area contributed by atoms with Crippen molar-refractivity contribution in [1.82, 2.24) is 24.5 Å². The van der Waals surface area contributed by atoms with Gasteiger partial charge in [0.2, 0.25) is 5.91 Å². The zero-order valence-corrected chi connectivity index (χ0v) is 16.8. The summed E-state index contributed by atoms with van der Waals surface area (Å²) >= 11 is 0. The lowest BCUT2D eigenvalue weighted by molar-refractivity contribution is -0.144. The van der Waals surface area contributed by atoms with Crippen molar-refractivity contribution in [3.63, 3.8) is 0 Å². The first-order valence-electron chi connectivity index (χ1n) is 10.3. The van der Waals surface area contributed by atoms with Gasteiger partial charge in [0.1, 0.15) is 0 Å². The maximum Gasteiger partial charge on any atom is 0.453 e. The number of aryl methyl sites for hydroxylation is 2. The number of aromatic nitrogens is 4. The standard InChI is InChI=1S/C20H26F3N5O/c1-12-15(13(2)28-19(24-12)25-18(26-28)20(21,22)23)9-10-17(29)27-11-5-7-14-6-3-4-8-16(14)27/h14,16H,3-11H2,1-2H3/t14-,16+/m0/s1. The molecule has 158 valence electrons. The predicted molar refractivity (Wildman–Crippen MR) is 100 cm³/mol. The average molecular weight is 409 g/mol. The fourth-order valence-corrected chi connectivity index (χ4v) is 5.00. The SMILES string of the molecule is Cc1nc2nc(C(F)(F)F)nn2c(C)c1CCC(=O)N1CCC[C@@H]2CCCC[C@H]21. The van der Waals surface area contributed by atoms with Crippen LogP contribution in [0.2, 0.25) is 0 Å². The first-order valence-corrected chi connectivity index (χ1v) is 10.3. The number of likely N-dealkylation sites (tertiary alicyclic amines) is 1. The van der Waals surface area contributed by atoms with Gasteiger partial charge in [-0.25, -0.2) is 9.50 Å². The zero-order valence-electron chi connectivity index (χ0n) is 16.8. The Morgan fingerprint density at radius 3 is 2.59 bits per heavy atom. The second kappa shape index (κ2) is 7.57. The number of hydrogen-bond acceptors (Lipinski definition) is 4. The van der Waals surface area contributed by atoms with E-state index in [-0.39, 0.29) is 11.7 Å². The molecule has 4 rings (SSSR count). The van der Waals surface area contributed by atoms with Gasteiger partial charge in [0.25, 0.3) is 11.6 Å². The Morgan fingerprint density at radius 1 is 1.10 bits per heavy atom. The number of rotatable bonds is 3. The highest BCUT2D eigenvalue weighted by Crippen LogP contribution is 2.35. The molecule has 9 heteroatoms. The number of nitrogens with zero attached hydrogens (tertiary/aromatic N) is 5. The van der Waals surface area contributed by atoms with E-state index in [4.69, 9.17) is 0 Å². The van der Waals surface area contributed by atoms with Gasteiger partial charge in [0.05, 0.1) is 0 Å². The van der Waals surface area contributed by atoms with Crippen molar-refractivity contribution in [2.45, 2.75) is 77.4 Å².